The number of aliphatic hydroxyl groups is 1. The largest absolute Gasteiger partial charge is 0.397 e. The monoisotopic (exact) mass is 600 g/mol. The molecule has 3 aromatic carbocycles. The number of nitrogens with one attached hydrogen (secondary N) is 2. The normalized spacial score (nSPS) is 18.1. The lowest BCUT2D eigenvalue weighted by Crippen LogP contribution is -2.37. The van der Waals surface area contributed by atoms with Crippen molar-refractivity contribution in [3.05, 3.63) is 102 Å². The van der Waals surface area contributed by atoms with Gasteiger partial charge in [0.2, 0.25) is 11.8 Å². The van der Waals surface area contributed by atoms with Crippen molar-refractivity contribution in [1.29, 1.82) is 0 Å². The lowest BCUT2D eigenvalue weighted by molar-refractivity contribution is -0.252. The van der Waals surface area contributed by atoms with E-state index in [1.807, 2.05) is 73.8 Å². The summed E-state index contributed by atoms with van der Waals surface area (Å²) in [5, 5.41) is 15.3. The quantitative estimate of drug-likeness (QED) is 0.0965. The number of benzene rings is 3. The van der Waals surface area contributed by atoms with Crippen molar-refractivity contribution >= 4 is 28.9 Å². The van der Waals surface area contributed by atoms with Crippen molar-refractivity contribution in [3.8, 4) is 0 Å². The van der Waals surface area contributed by atoms with E-state index in [1.165, 1.54) is 0 Å². The number of nitrogen functional groups attached to an aromatic ring is 1. The number of hydrogen-bond acceptors (Lipinski definition) is 7. The van der Waals surface area contributed by atoms with Gasteiger partial charge in [0.05, 0.1) is 30.2 Å². The molecular formula is C35H44N4O5. The van der Waals surface area contributed by atoms with Crippen LogP contribution >= 0.6 is 0 Å². The molecule has 0 radical (unpaired) electrons. The predicted octanol–water partition coefficient (Wildman–Crippen LogP) is 5.95. The number of carbonyl (C=O) groups is 2. The van der Waals surface area contributed by atoms with Gasteiger partial charge in [0, 0.05) is 43.6 Å². The molecule has 1 aliphatic rings. The zero-order valence-electron chi connectivity index (χ0n) is 25.4. The van der Waals surface area contributed by atoms with Crippen LogP contribution in [0.15, 0.2) is 85.5 Å². The van der Waals surface area contributed by atoms with Crippen molar-refractivity contribution < 1.29 is 24.2 Å². The molecule has 0 saturated carbocycles. The Morgan fingerprint density at radius 2 is 1.68 bits per heavy atom. The summed E-state index contributed by atoms with van der Waals surface area (Å²) in [4.78, 5) is 27.1. The molecule has 0 spiro atoms. The molecule has 2 amide bonds. The molecule has 5 N–H and O–H groups in total. The second kappa shape index (κ2) is 16.7. The second-order valence-corrected chi connectivity index (χ2v) is 11.2. The molecule has 234 valence electrons. The van der Waals surface area contributed by atoms with Gasteiger partial charge >= 0.3 is 0 Å². The molecular weight excluding hydrogens is 556 g/mol. The summed E-state index contributed by atoms with van der Waals surface area (Å²) in [5.41, 5.74) is 10.4. The number of carbonyl (C=O) groups excluding carboxylic acids is 2. The van der Waals surface area contributed by atoms with Crippen LogP contribution in [0.25, 0.3) is 0 Å². The van der Waals surface area contributed by atoms with E-state index in [1.54, 1.807) is 12.1 Å². The fourth-order valence-corrected chi connectivity index (χ4v) is 5.23. The van der Waals surface area contributed by atoms with Gasteiger partial charge in [-0.2, -0.15) is 0 Å². The zero-order valence-corrected chi connectivity index (χ0v) is 25.4. The van der Waals surface area contributed by atoms with E-state index in [0.29, 0.717) is 49.2 Å². The van der Waals surface area contributed by atoms with Gasteiger partial charge in [-0.25, -0.2) is 0 Å². The van der Waals surface area contributed by atoms with Crippen LogP contribution in [-0.2, 0) is 25.7 Å². The number of ether oxygens (including phenoxy) is 2. The van der Waals surface area contributed by atoms with E-state index in [0.717, 1.165) is 36.2 Å². The summed E-state index contributed by atoms with van der Waals surface area (Å²) in [5.74, 6) is -0.171. The maximum Gasteiger partial charge on any atom is 0.224 e. The van der Waals surface area contributed by atoms with Gasteiger partial charge in [0.15, 0.2) is 6.29 Å². The molecule has 9 nitrogen and oxygen atoms in total. The SMILES string of the molecule is C=CCN(C)C[C@H]1C[C@@H](c2ccc(CO)cc2)O[C@@H](c2cccc(NC(=O)CCCCCC(=O)Nc3ccccc3N)c2)O1. The van der Waals surface area contributed by atoms with E-state index >= 15 is 0 Å². The standard InChI is InChI=1S/C35H44N4O5/c1-3-20-39(2)23-29-22-32(26-18-16-25(24-40)17-19-26)44-35(43-29)27-10-9-11-28(21-27)37-33(41)14-5-4-6-15-34(42)38-31-13-8-7-12-30(31)36/h3,7-13,16-19,21,29,32,35,40H,1,4-6,14-15,20,22-24,36H2,2H3,(H,37,41)(H,38,42)/t29-,32+,35+/m1/s1. The Labute approximate surface area is 260 Å². The van der Waals surface area contributed by atoms with E-state index in [4.69, 9.17) is 15.2 Å². The molecule has 0 aliphatic carbocycles. The first-order valence-corrected chi connectivity index (χ1v) is 15.2. The average Bonchev–Trinajstić information content (AvgIpc) is 3.02. The summed E-state index contributed by atoms with van der Waals surface area (Å²) < 4.78 is 12.9. The van der Waals surface area contributed by atoms with Crippen LogP contribution in [0.5, 0.6) is 0 Å². The number of nitrogens with two attached hydrogens (primary N) is 1. The summed E-state index contributed by atoms with van der Waals surface area (Å²) in [6.07, 6.45) is 4.54. The first-order valence-electron chi connectivity index (χ1n) is 15.2. The highest BCUT2D eigenvalue weighted by atomic mass is 16.7. The first kappa shape index (κ1) is 32.9. The third-order valence-electron chi connectivity index (χ3n) is 7.56. The maximum absolute atomic E-state index is 12.7. The highest BCUT2D eigenvalue weighted by Gasteiger charge is 2.32. The number of likely N-dealkylation sites (N-methyl/N-ethyl adjacent to an activating group) is 1. The molecule has 1 saturated heterocycles. The number of para-hydroxylation sites is 2. The molecule has 0 bridgehead atoms. The Bertz CT molecular complexity index is 1380. The van der Waals surface area contributed by atoms with Gasteiger partial charge in [-0.3, -0.25) is 9.59 Å². The number of aliphatic hydroxyl groups excluding tert-OH is 1. The Morgan fingerprint density at radius 1 is 0.955 bits per heavy atom. The van der Waals surface area contributed by atoms with Crippen molar-refractivity contribution in [2.75, 3.05) is 36.5 Å². The number of hydrogen-bond donors (Lipinski definition) is 4. The van der Waals surface area contributed by atoms with Crippen molar-refractivity contribution in [3.63, 3.8) is 0 Å². The van der Waals surface area contributed by atoms with Crippen LogP contribution in [0.1, 0.15) is 67.6 Å². The molecule has 0 aromatic heterocycles. The van der Waals surface area contributed by atoms with Crippen LogP contribution in [0, 0.1) is 0 Å². The van der Waals surface area contributed by atoms with Gasteiger partial charge in [-0.05, 0) is 55.3 Å². The van der Waals surface area contributed by atoms with Gasteiger partial charge in [-0.1, -0.05) is 61.0 Å². The van der Waals surface area contributed by atoms with Crippen LogP contribution in [0.4, 0.5) is 17.1 Å². The topological polar surface area (TPSA) is 126 Å². The van der Waals surface area contributed by atoms with Gasteiger partial charge in [0.25, 0.3) is 0 Å². The van der Waals surface area contributed by atoms with Gasteiger partial charge in [-0.15, -0.1) is 6.58 Å². The molecule has 1 aliphatic heterocycles. The third kappa shape index (κ3) is 10.0. The Hall–Kier alpha value is -4.02. The lowest BCUT2D eigenvalue weighted by atomic mass is 9.99. The number of unbranched alkanes of at least 4 members (excludes halogenated alkanes) is 2. The van der Waals surface area contributed by atoms with Crippen molar-refractivity contribution in [2.24, 2.45) is 0 Å². The number of rotatable bonds is 15. The third-order valence-corrected chi connectivity index (χ3v) is 7.56. The van der Waals surface area contributed by atoms with Gasteiger partial charge in [0.1, 0.15) is 0 Å². The Balaban J connectivity index is 1.29. The minimum Gasteiger partial charge on any atom is -0.397 e. The molecule has 9 heteroatoms. The fourth-order valence-electron chi connectivity index (χ4n) is 5.23. The smallest absolute Gasteiger partial charge is 0.224 e. The zero-order chi connectivity index (χ0) is 31.3. The van der Waals surface area contributed by atoms with Gasteiger partial charge < -0.3 is 35.8 Å². The molecule has 4 rings (SSSR count). The molecule has 0 unspecified atom stereocenters. The number of nitrogens with zero attached hydrogens (tertiary/aromatic N) is 1. The summed E-state index contributed by atoms with van der Waals surface area (Å²) in [7, 11) is 2.03. The highest BCUT2D eigenvalue weighted by molar-refractivity contribution is 5.93. The predicted molar refractivity (Wildman–Crippen MR) is 174 cm³/mol. The average molecular weight is 601 g/mol. The van der Waals surface area contributed by atoms with Crippen molar-refractivity contribution in [1.82, 2.24) is 4.90 Å². The first-order chi connectivity index (χ1) is 21.3. The van der Waals surface area contributed by atoms with Crippen LogP contribution < -0.4 is 16.4 Å². The minimum atomic E-state index is -0.609. The fraction of sp³-hybridized carbons (Fsp3) is 0.371. The van der Waals surface area contributed by atoms with Crippen LogP contribution in [0.3, 0.4) is 0 Å². The maximum atomic E-state index is 12.7. The summed E-state index contributed by atoms with van der Waals surface area (Å²) in [6.45, 7) is 5.30. The van der Waals surface area contributed by atoms with Crippen LogP contribution in [-0.4, -0.2) is 48.1 Å². The molecule has 1 fully saturated rings. The highest BCUT2D eigenvalue weighted by Crippen LogP contribution is 2.38. The number of anilines is 3. The summed E-state index contributed by atoms with van der Waals surface area (Å²) >= 11 is 0. The van der Waals surface area contributed by atoms with E-state index in [2.05, 4.69) is 22.1 Å². The van der Waals surface area contributed by atoms with E-state index in [-0.39, 0.29) is 30.6 Å². The minimum absolute atomic E-state index is 0.00708. The Kier molecular flexibility index (Phi) is 12.5. The summed E-state index contributed by atoms with van der Waals surface area (Å²) in [6, 6.07) is 22.5. The van der Waals surface area contributed by atoms with E-state index in [9.17, 15) is 14.7 Å². The molecule has 44 heavy (non-hydrogen) atoms. The lowest BCUT2D eigenvalue weighted by Gasteiger charge is -2.37. The molecule has 3 aromatic rings. The van der Waals surface area contributed by atoms with E-state index < -0.39 is 6.29 Å². The molecule has 1 heterocycles. The van der Waals surface area contributed by atoms with Crippen molar-refractivity contribution in [2.45, 2.75) is 63.6 Å². The Morgan fingerprint density at radius 3 is 2.39 bits per heavy atom. The molecule has 3 atom stereocenters. The second-order valence-electron chi connectivity index (χ2n) is 11.2. The number of amides is 2. The van der Waals surface area contributed by atoms with Crippen LogP contribution in [0.2, 0.25) is 0 Å².